The van der Waals surface area contributed by atoms with Crippen molar-refractivity contribution >= 4 is 11.8 Å². The van der Waals surface area contributed by atoms with Crippen LogP contribution in [0.5, 0.6) is 11.5 Å². The van der Waals surface area contributed by atoms with Crippen molar-refractivity contribution < 1.29 is 29.3 Å². The number of fused-ring (bicyclic) bond motifs is 6. The molecule has 2 fully saturated rings. The fourth-order valence-corrected chi connectivity index (χ4v) is 7.93. The van der Waals surface area contributed by atoms with Gasteiger partial charge in [0, 0.05) is 37.3 Å². The summed E-state index contributed by atoms with van der Waals surface area (Å²) in [6, 6.07) is 15.7. The number of primary amides is 2. The maximum atomic E-state index is 12.2. The van der Waals surface area contributed by atoms with Crippen LogP contribution in [0.1, 0.15) is 84.0 Å². The summed E-state index contributed by atoms with van der Waals surface area (Å²) in [5.74, 6) is 13.0. The van der Waals surface area contributed by atoms with Crippen molar-refractivity contribution in [2.45, 2.75) is 77.9 Å². The number of nitrogens with zero attached hydrogens (tertiary/aromatic N) is 8. The second kappa shape index (κ2) is 17.7. The SMILES string of the molecule is CC(C)(O)C#Cc1ccc2c(c1)-c1nc(C(N)=O)c(CN3CC[C@@H](C#N)C3)n1CCO2.CC(C)(O)C#Cc1ccc2c(c1)-c1nc(C(N)=O)c(CN3CC[C@H](C#N)C3)n1CCO2. The number of benzene rings is 2. The van der Waals surface area contributed by atoms with Gasteiger partial charge in [-0.15, -0.1) is 0 Å². The van der Waals surface area contributed by atoms with Gasteiger partial charge in [0.2, 0.25) is 0 Å². The first-order valence-corrected chi connectivity index (χ1v) is 20.6. The number of ether oxygens (including phenoxy) is 2. The number of likely N-dealkylation sites (tertiary alicyclic amines) is 2. The Morgan fingerprint density at radius 1 is 0.710 bits per heavy atom. The average Bonchev–Trinajstić information content (AvgIpc) is 3.99. The molecule has 0 unspecified atom stereocenters. The highest BCUT2D eigenvalue weighted by molar-refractivity contribution is 5.94. The van der Waals surface area contributed by atoms with Gasteiger partial charge in [-0.3, -0.25) is 19.4 Å². The number of carbonyl (C=O) groups is 2. The molecule has 16 heteroatoms. The van der Waals surface area contributed by atoms with Crippen LogP contribution in [0.2, 0.25) is 0 Å². The van der Waals surface area contributed by atoms with E-state index in [0.717, 1.165) is 48.4 Å². The molecule has 2 aromatic heterocycles. The van der Waals surface area contributed by atoms with Gasteiger partial charge >= 0.3 is 0 Å². The first kappa shape index (κ1) is 43.4. The predicted molar refractivity (Wildman–Crippen MR) is 228 cm³/mol. The van der Waals surface area contributed by atoms with Crippen LogP contribution in [-0.4, -0.2) is 102 Å². The molecule has 2 atom stereocenters. The molecular weight excluding hydrogens is 789 g/mol. The van der Waals surface area contributed by atoms with Crippen LogP contribution < -0.4 is 20.9 Å². The smallest absolute Gasteiger partial charge is 0.269 e. The minimum atomic E-state index is -1.11. The Balaban J connectivity index is 0.000000186. The Hall–Kier alpha value is -6.66. The van der Waals surface area contributed by atoms with Crippen LogP contribution in [0.4, 0.5) is 0 Å². The average molecular weight is 839 g/mol. The van der Waals surface area contributed by atoms with E-state index >= 15 is 0 Å². The number of imidazole rings is 2. The monoisotopic (exact) mass is 838 g/mol. The number of aromatic nitrogens is 4. The molecule has 62 heavy (non-hydrogen) atoms. The minimum absolute atomic E-state index is 0.00419. The summed E-state index contributed by atoms with van der Waals surface area (Å²) in [6.45, 7) is 12.3. The number of hydrogen-bond acceptors (Lipinski definition) is 12. The molecule has 4 aliphatic rings. The summed E-state index contributed by atoms with van der Waals surface area (Å²) in [6.07, 6.45) is 1.64. The predicted octanol–water partition coefficient (Wildman–Crippen LogP) is 3.02. The van der Waals surface area contributed by atoms with E-state index in [1.54, 1.807) is 27.7 Å². The molecule has 0 aliphatic carbocycles. The van der Waals surface area contributed by atoms with Crippen molar-refractivity contribution in [2.24, 2.45) is 23.3 Å². The Morgan fingerprint density at radius 2 is 1.11 bits per heavy atom. The lowest BCUT2D eigenvalue weighted by Crippen LogP contribution is -2.25. The van der Waals surface area contributed by atoms with Crippen LogP contribution in [-0.2, 0) is 26.2 Å². The lowest BCUT2D eigenvalue weighted by atomic mass is 10.1. The third-order valence-corrected chi connectivity index (χ3v) is 10.9. The van der Waals surface area contributed by atoms with Gasteiger partial charge < -0.3 is 40.3 Å². The van der Waals surface area contributed by atoms with E-state index < -0.39 is 23.0 Å². The second-order valence-electron chi connectivity index (χ2n) is 16.9. The second-order valence-corrected chi connectivity index (χ2v) is 16.9. The molecule has 2 saturated heterocycles. The van der Waals surface area contributed by atoms with Gasteiger partial charge in [0.15, 0.2) is 11.4 Å². The third kappa shape index (κ3) is 9.92. The van der Waals surface area contributed by atoms with E-state index in [2.05, 4.69) is 55.6 Å². The molecule has 6 heterocycles. The summed E-state index contributed by atoms with van der Waals surface area (Å²) in [5, 5.41) is 38.2. The number of aliphatic hydroxyl groups is 2. The Kier molecular flexibility index (Phi) is 12.4. The molecule has 2 aromatic carbocycles. The number of hydrogen-bond donors (Lipinski definition) is 4. The van der Waals surface area contributed by atoms with Gasteiger partial charge in [0.1, 0.15) is 47.6 Å². The van der Waals surface area contributed by atoms with Crippen LogP contribution in [0.15, 0.2) is 36.4 Å². The van der Waals surface area contributed by atoms with Crippen molar-refractivity contribution in [2.75, 3.05) is 39.4 Å². The van der Waals surface area contributed by atoms with Crippen molar-refractivity contribution in [3.8, 4) is 70.1 Å². The van der Waals surface area contributed by atoms with E-state index in [1.807, 2.05) is 45.5 Å². The number of rotatable bonds is 6. The summed E-state index contributed by atoms with van der Waals surface area (Å²) in [4.78, 5) is 37.9. The van der Waals surface area contributed by atoms with Gasteiger partial charge in [0.25, 0.3) is 11.8 Å². The highest BCUT2D eigenvalue weighted by Crippen LogP contribution is 2.37. The lowest BCUT2D eigenvalue weighted by Gasteiger charge is -2.17. The quantitative estimate of drug-likeness (QED) is 0.205. The van der Waals surface area contributed by atoms with Crippen molar-refractivity contribution in [1.82, 2.24) is 28.9 Å². The molecule has 0 saturated carbocycles. The summed E-state index contributed by atoms with van der Waals surface area (Å²) in [5.41, 5.74) is 14.0. The van der Waals surface area contributed by atoms with E-state index in [4.69, 9.17) is 20.9 Å². The number of nitriles is 2. The number of nitrogens with two attached hydrogens (primary N) is 2. The van der Waals surface area contributed by atoms with Gasteiger partial charge in [-0.1, -0.05) is 23.7 Å². The molecule has 0 spiro atoms. The summed E-state index contributed by atoms with van der Waals surface area (Å²) in [7, 11) is 0. The highest BCUT2D eigenvalue weighted by Gasteiger charge is 2.31. The van der Waals surface area contributed by atoms with E-state index in [1.165, 1.54) is 0 Å². The van der Waals surface area contributed by atoms with E-state index in [9.17, 15) is 30.3 Å². The maximum Gasteiger partial charge on any atom is 0.269 e. The molecule has 8 rings (SSSR count). The van der Waals surface area contributed by atoms with Crippen molar-refractivity contribution in [1.29, 1.82) is 10.5 Å². The summed E-state index contributed by atoms with van der Waals surface area (Å²) >= 11 is 0. The first-order chi connectivity index (χ1) is 29.5. The fourth-order valence-electron chi connectivity index (χ4n) is 7.93. The van der Waals surface area contributed by atoms with Crippen molar-refractivity contribution in [3.63, 3.8) is 0 Å². The standard InChI is InChI=1S/2C23H25N5O3/c2*1-23(2,30)7-5-15-3-4-19-17(11-15)22-26-20(21(25)29)18(28(22)9-10-31-19)14-27-8-6-16(12-24)13-27/h2*3-4,11,16,30H,6,8-10,13-14H2,1-2H3,(H2,25,29)/t2*16-/m10/s1. The van der Waals surface area contributed by atoms with E-state index in [0.29, 0.717) is 86.8 Å². The van der Waals surface area contributed by atoms with Gasteiger partial charge in [0.05, 0.1) is 59.6 Å². The van der Waals surface area contributed by atoms with Crippen LogP contribution in [0.25, 0.3) is 22.8 Å². The lowest BCUT2D eigenvalue weighted by molar-refractivity contribution is 0.0985. The Morgan fingerprint density at radius 3 is 1.45 bits per heavy atom. The van der Waals surface area contributed by atoms with Crippen LogP contribution >= 0.6 is 0 Å². The Labute approximate surface area is 360 Å². The molecule has 0 radical (unpaired) electrons. The molecule has 4 aliphatic heterocycles. The van der Waals surface area contributed by atoms with Crippen LogP contribution in [0, 0.1) is 58.2 Å². The molecule has 2 amide bonds. The maximum absolute atomic E-state index is 12.2. The van der Waals surface area contributed by atoms with Crippen molar-refractivity contribution in [3.05, 3.63) is 70.3 Å². The fraction of sp³-hybridized carbons (Fsp3) is 0.435. The van der Waals surface area contributed by atoms with Crippen LogP contribution in [0.3, 0.4) is 0 Å². The molecule has 0 bridgehead atoms. The largest absolute Gasteiger partial charge is 0.491 e. The number of carbonyl (C=O) groups excluding carboxylic acids is 2. The van der Waals surface area contributed by atoms with Gasteiger partial charge in [-0.2, -0.15) is 10.5 Å². The molecule has 6 N–H and O–H groups in total. The first-order valence-electron chi connectivity index (χ1n) is 20.6. The normalized spacial score (nSPS) is 18.1. The Bertz CT molecular complexity index is 2430. The highest BCUT2D eigenvalue weighted by atomic mass is 16.5. The molecule has 4 aromatic rings. The van der Waals surface area contributed by atoms with Gasteiger partial charge in [-0.05, 0) is 90.0 Å². The van der Waals surface area contributed by atoms with Gasteiger partial charge in [-0.25, -0.2) is 9.97 Å². The molecule has 320 valence electrons. The number of amides is 2. The topological polar surface area (TPSA) is 235 Å². The third-order valence-electron chi connectivity index (χ3n) is 10.9. The zero-order valence-corrected chi connectivity index (χ0v) is 35.4. The zero-order valence-electron chi connectivity index (χ0n) is 35.4. The molecule has 16 nitrogen and oxygen atoms in total. The molecular formula is C46H50N10O6. The minimum Gasteiger partial charge on any atom is -0.491 e. The zero-order chi connectivity index (χ0) is 44.3. The summed E-state index contributed by atoms with van der Waals surface area (Å²) < 4.78 is 15.8. The van der Waals surface area contributed by atoms with E-state index in [-0.39, 0.29) is 23.2 Å².